The number of hydrogen-bond donors (Lipinski definition) is 0. The first-order chi connectivity index (χ1) is 71.0. The first-order valence-corrected chi connectivity index (χ1v) is 53.3. The Morgan fingerprint density at radius 2 is 0.615 bits per heavy atom. The van der Waals surface area contributed by atoms with Crippen molar-refractivity contribution in [3.8, 4) is 56.5 Å². The minimum absolute atomic E-state index is 0. The molecule has 14 nitrogen and oxygen atoms in total. The molecule has 8 aromatic heterocycles. The summed E-state index contributed by atoms with van der Waals surface area (Å²) in [6.45, 7) is 6.05. The van der Waals surface area contributed by atoms with Gasteiger partial charge in [0, 0.05) is 198 Å². The van der Waals surface area contributed by atoms with E-state index in [-0.39, 0.29) is 115 Å². The summed E-state index contributed by atoms with van der Waals surface area (Å²) in [4.78, 5) is 72.7. The zero-order chi connectivity index (χ0) is 96.6. The van der Waals surface area contributed by atoms with Crippen LogP contribution in [0, 0.1) is 30.2 Å². The van der Waals surface area contributed by atoms with E-state index < -0.39 is 11.8 Å². The average molecular weight is 2680 g/mol. The van der Waals surface area contributed by atoms with Gasteiger partial charge in [0.05, 0.1) is 58.6 Å². The van der Waals surface area contributed by atoms with Crippen molar-refractivity contribution in [3.63, 3.8) is 0 Å². The molecular weight excluding hydrogens is 2580 g/mol. The van der Waals surface area contributed by atoms with Crippen LogP contribution in [0.15, 0.2) is 322 Å². The summed E-state index contributed by atoms with van der Waals surface area (Å²) in [5, 5.41) is 13.4. The Balaban J connectivity index is 0.000000115. The Labute approximate surface area is 921 Å². The molecule has 20 heteroatoms. The quantitative estimate of drug-likeness (QED) is 0.0649. The first-order valence-electron chi connectivity index (χ1n) is 51.0. The van der Waals surface area contributed by atoms with E-state index in [1.807, 2.05) is 83.4 Å². The second-order valence-corrected chi connectivity index (χ2v) is 41.9. The van der Waals surface area contributed by atoms with E-state index in [9.17, 15) is 19.2 Å². The van der Waals surface area contributed by atoms with Crippen molar-refractivity contribution >= 4 is 156 Å². The van der Waals surface area contributed by atoms with Crippen molar-refractivity contribution in [2.24, 2.45) is 5.92 Å². The summed E-state index contributed by atoms with van der Waals surface area (Å²) in [5.74, 6) is 7.10. The Hall–Kier alpha value is -12.5. The van der Waals surface area contributed by atoms with Crippen LogP contribution in [-0.2, 0) is 106 Å². The maximum absolute atomic E-state index is 13.2. The van der Waals surface area contributed by atoms with Crippen molar-refractivity contribution in [2.75, 3.05) is 36.2 Å². The summed E-state index contributed by atoms with van der Waals surface area (Å²) in [5.41, 5.74) is 27.6. The molecule has 2 aliphatic carbocycles. The van der Waals surface area contributed by atoms with E-state index in [0.29, 0.717) is 84.3 Å². The van der Waals surface area contributed by atoms with Gasteiger partial charge in [0.1, 0.15) is 46.5 Å². The molecule has 0 spiro atoms. The van der Waals surface area contributed by atoms with Gasteiger partial charge in [0.15, 0.2) is 0 Å². The van der Waals surface area contributed by atoms with E-state index in [1.54, 1.807) is 35.5 Å². The van der Waals surface area contributed by atoms with E-state index in [2.05, 4.69) is 293 Å². The van der Waals surface area contributed by atoms with Crippen molar-refractivity contribution < 1.29 is 109 Å². The number of pyridine rings is 4. The third-order valence-electron chi connectivity index (χ3n) is 30.8. The molecule has 0 N–H and O–H groups in total. The first kappa shape index (κ1) is 101. The zero-order valence-corrected chi connectivity index (χ0v) is 93.0. The van der Waals surface area contributed by atoms with Gasteiger partial charge >= 0.3 is 0 Å². The molecule has 2 unspecified atom stereocenters. The molecule has 22 aromatic rings. The maximum Gasteiger partial charge on any atom is 0.147 e. The fourth-order valence-electron chi connectivity index (χ4n) is 24.4. The number of carbonyl (C=O) groups is 4. The van der Waals surface area contributed by atoms with Crippen molar-refractivity contribution in [2.45, 2.75) is 133 Å². The number of thioether (sulfide) groups is 2. The topological polar surface area (TPSA) is 156 Å². The van der Waals surface area contributed by atoms with Crippen molar-refractivity contribution in [1.29, 1.82) is 0 Å². The molecule has 0 amide bonds. The van der Waals surface area contributed by atoms with Crippen LogP contribution in [0.2, 0.25) is 0 Å². The fraction of sp³-hybridized carbons (Fsp3) is 0.219. The van der Waals surface area contributed by atoms with E-state index in [1.165, 1.54) is 142 Å². The molecule has 4 fully saturated rings. The summed E-state index contributed by atoms with van der Waals surface area (Å²) in [6, 6.07) is 118. The molecule has 148 heavy (non-hydrogen) atoms. The van der Waals surface area contributed by atoms with Gasteiger partial charge in [-0.3, -0.25) is 39.1 Å². The normalized spacial score (nSPS) is 16.2. The van der Waals surface area contributed by atoms with Crippen molar-refractivity contribution in [1.82, 2.24) is 37.5 Å². The molecular formula is C128H104Ir4N8O6S2-4. The van der Waals surface area contributed by atoms with Crippen LogP contribution in [0.3, 0.4) is 0 Å². The number of benzene rings is 14. The van der Waals surface area contributed by atoms with Crippen molar-refractivity contribution in [3.05, 3.63) is 396 Å². The number of carbonyl (C=O) groups excluding carboxylic acids is 4. The number of rotatable bonds is 12. The molecule has 2 saturated carbocycles. The summed E-state index contributed by atoms with van der Waals surface area (Å²) >= 11 is 4.22. The molecule has 12 heterocycles. The second-order valence-electron chi connectivity index (χ2n) is 39.5. The smallest absolute Gasteiger partial charge is 0.147 e. The number of Topliss-reactive ketones (excluding diaryl/α,β-unsaturated/α-hetero) is 4. The molecule has 0 bridgehead atoms. The molecule has 14 aromatic carbocycles. The minimum Gasteiger partial charge on any atom is -0.493 e. The van der Waals surface area contributed by atoms with Gasteiger partial charge < -0.3 is 27.1 Å². The number of hydrogen-bond acceptors (Lipinski definition) is 12. The van der Waals surface area contributed by atoms with Crippen LogP contribution < -0.4 is 9.47 Å². The molecule has 4 radical (unpaired) electrons. The molecule has 4 aliphatic heterocycles. The summed E-state index contributed by atoms with van der Waals surface area (Å²) in [6.07, 6.45) is 18.4. The van der Waals surface area contributed by atoms with Gasteiger partial charge in [-0.25, -0.2) is 0 Å². The standard InChI is InChI=1S/C34H29N2O.C33H25N2O4.C31H29N2S2.C30H21N2O.4Ir/c1-22(2)20-23-10-9-15-28(25-18-19-37-32-17-8-6-13-27(25)32)33(23)31-21-35-34-29-14-4-3-11-24(29)26-12-5-7-16-30(26)36(31)34;36-26-14-6-15-27(37)31(26)22-11-5-12-23(32-28(38)16-7-17-29(32)39)30(22)25-18-34-33-21-10-2-1-8-19(21)20-9-3-4-13-24(20)35(25)33;1-2-8-27-25(6-1)26-7-3-4-11-28(26)33-29(20-32-31(27)33)30-23(21-12-16-34-17-13-21)9-5-10-24(30)22-14-18-35-19-15-22;1-3-12-24(20(9-1)22-17-18-33-29-16-8-6-13-25(22)29)28-19-31-30-26-14-4-2-10-21(26)23-11-5-7-15-27(23)32(28)30;;;;/h3-13,15-17,21-22,25H,18-20H2,1-2H3;1-5,8-9,11-13,18,31-32H,6-7,14-17H2;1-7,9-11,20-22H,12-19H2;1-13,15-16,19,22H,17-18H2;;;;/q4*-1;;;;. The number of imidazole rings is 4. The Bertz CT molecular complexity index is 8780. The van der Waals surface area contributed by atoms with Crippen LogP contribution in [0.5, 0.6) is 11.5 Å². The second kappa shape index (κ2) is 44.0. The van der Waals surface area contributed by atoms with Crippen LogP contribution in [-0.4, -0.2) is 96.9 Å². The Morgan fingerprint density at radius 1 is 0.311 bits per heavy atom. The molecule has 744 valence electrons. The zero-order valence-electron chi connectivity index (χ0n) is 81.8. The van der Waals surface area contributed by atoms with E-state index >= 15 is 0 Å². The largest absolute Gasteiger partial charge is 0.493 e. The number of para-hydroxylation sites is 6. The predicted molar refractivity (Wildman–Crippen MR) is 585 cm³/mol. The fourth-order valence-corrected chi connectivity index (χ4v) is 26.6. The third-order valence-corrected chi connectivity index (χ3v) is 32.9. The number of ether oxygens (including phenoxy) is 2. The number of fused-ring (bicyclic) bond motifs is 26. The van der Waals surface area contributed by atoms with Gasteiger partial charge in [-0.1, -0.05) is 223 Å². The third kappa shape index (κ3) is 18.2. The Morgan fingerprint density at radius 3 is 1.01 bits per heavy atom. The monoisotopic (exact) mass is 2680 g/mol. The van der Waals surface area contributed by atoms with Crippen LogP contribution in [0.4, 0.5) is 0 Å². The van der Waals surface area contributed by atoms with Crippen LogP contribution in [0.25, 0.3) is 154 Å². The van der Waals surface area contributed by atoms with Gasteiger partial charge in [-0.15, -0.1) is 119 Å². The van der Waals surface area contributed by atoms with Crippen LogP contribution in [0.1, 0.15) is 176 Å². The number of nitrogens with zero attached hydrogens (tertiary/aromatic N) is 8. The molecule has 6 aliphatic rings. The Kier molecular flexibility index (Phi) is 30.1. The summed E-state index contributed by atoms with van der Waals surface area (Å²) in [7, 11) is 0. The summed E-state index contributed by atoms with van der Waals surface area (Å²) < 4.78 is 21.1. The van der Waals surface area contributed by atoms with Gasteiger partial charge in [0.25, 0.3) is 0 Å². The van der Waals surface area contributed by atoms with E-state index in [0.717, 1.165) is 116 Å². The molecule has 28 rings (SSSR count). The van der Waals surface area contributed by atoms with Gasteiger partial charge in [-0.05, 0) is 195 Å². The maximum atomic E-state index is 13.2. The SMILES string of the molecule is CC(C)Cc1cccc(C2CCOc3ccccc32)c1-c1cnc2c3[c-]cccc3c3ccccc3n12.O=C1CCCC(=O)C1c1cccc(C2C(=O)CCCC2=O)c1-c1cnc2c3[c-]cccc3c3ccccc3n12.[Ir].[Ir].[Ir].[Ir].[c-]1cccc2c1c1ncc(-c3c(C4CCSCC4)cccc3C3CCSCC3)n1c1ccccc21.[c-]1cccc2c1c1ncc(-c3ccccc3C3CCOc4ccccc43)n1c1ccccc21. The van der Waals surface area contributed by atoms with Gasteiger partial charge in [0.2, 0.25) is 0 Å². The molecule has 2 saturated heterocycles. The number of ketones is 4. The predicted octanol–water partition coefficient (Wildman–Crippen LogP) is 29.5. The van der Waals surface area contributed by atoms with Crippen LogP contribution >= 0.6 is 23.5 Å². The average Bonchev–Trinajstić information content (AvgIpc) is 1.53. The minimum atomic E-state index is -0.925. The molecule has 2 atom stereocenters. The van der Waals surface area contributed by atoms with Gasteiger partial charge in [-0.2, -0.15) is 23.5 Å². The number of aromatic nitrogens is 8. The van der Waals surface area contributed by atoms with E-state index in [4.69, 9.17) is 29.4 Å².